The van der Waals surface area contributed by atoms with E-state index in [0.717, 1.165) is 10.7 Å². The van der Waals surface area contributed by atoms with Gasteiger partial charge in [0.15, 0.2) is 26.0 Å². The van der Waals surface area contributed by atoms with E-state index in [9.17, 15) is 86.4 Å². The molecule has 0 aromatic rings. The summed E-state index contributed by atoms with van der Waals surface area (Å²) >= 11 is 0. The molecule has 0 atom stereocenters. The van der Waals surface area contributed by atoms with Crippen molar-refractivity contribution in [2.24, 2.45) is 4.99 Å². The van der Waals surface area contributed by atoms with Gasteiger partial charge in [-0.2, -0.15) is 52.7 Å². The van der Waals surface area contributed by atoms with E-state index in [2.05, 4.69) is 38.4 Å². The van der Waals surface area contributed by atoms with Gasteiger partial charge in [-0.25, -0.2) is 33.7 Å². The molecule has 0 saturated carbocycles. The molecule has 16 nitrogen and oxygen atoms in total. The monoisotopic (exact) mass is 1370 g/mol. The van der Waals surface area contributed by atoms with Gasteiger partial charge >= 0.3 is 38.8 Å². The fourth-order valence-electron chi connectivity index (χ4n) is 11.1. The van der Waals surface area contributed by atoms with E-state index in [4.69, 9.17) is 4.99 Å². The third-order valence-corrected chi connectivity index (χ3v) is 23.4. The minimum Gasteiger partial charge on any atom is -0.425 e. The van der Waals surface area contributed by atoms with Crippen molar-refractivity contribution in [2.45, 2.75) is 278 Å². The molecule has 0 aliphatic carbocycles. The van der Waals surface area contributed by atoms with E-state index in [-0.39, 0.29) is 4.13 Å². The Bertz CT molecular complexity index is 2380. The first-order valence-corrected chi connectivity index (χ1v) is 38.0. The summed E-state index contributed by atoms with van der Waals surface area (Å²) in [5.41, 5.74) is 0. The molecule has 0 spiro atoms. The van der Waals surface area contributed by atoms with Crippen LogP contribution in [-0.2, 0) is 40.1 Å². The average Bonchev–Trinajstić information content (AvgIpc) is 0.718. The van der Waals surface area contributed by atoms with E-state index in [0.29, 0.717) is 0 Å². The fourth-order valence-corrected chi connectivity index (χ4v) is 16.8. The normalized spacial score (nSPS) is 22.8. The molecule has 6 aliphatic heterocycles. The summed E-state index contributed by atoms with van der Waals surface area (Å²) in [6.45, 7) is 16.8. The van der Waals surface area contributed by atoms with Gasteiger partial charge in [0.2, 0.25) is 0 Å². The standard InChI is InChI=1S/2C25H49N3.C3HF6NO4S2.C3F6NO4S2/c2*1-2-3-4-5-6-7-8-9-10-11-12-13-14-15-16-17-21-27-23-19-24-28-22-18-20-26-25(27)28;2*4-1(5)2(6,7)15(11,12)10-16(13,14)3(1,8)9/h2*2-24H2,1H3;10H;/q;;;-1/p+1. The molecule has 0 radical (unpaired) electrons. The molecule has 0 aromatic heterocycles. The van der Waals surface area contributed by atoms with Crippen LogP contribution < -0.4 is 9.44 Å². The van der Waals surface area contributed by atoms with Crippen LogP contribution in [0.25, 0.3) is 4.13 Å². The Morgan fingerprint density at radius 2 is 0.750 bits per heavy atom. The van der Waals surface area contributed by atoms with Crippen molar-refractivity contribution in [3.05, 3.63) is 4.13 Å². The molecule has 0 aromatic carbocycles. The van der Waals surface area contributed by atoms with Crippen LogP contribution in [-0.4, -0.2) is 163 Å². The van der Waals surface area contributed by atoms with Gasteiger partial charge in [0.05, 0.1) is 32.7 Å². The Morgan fingerprint density at radius 1 is 0.420 bits per heavy atom. The van der Waals surface area contributed by atoms with Crippen LogP contribution in [0.1, 0.15) is 245 Å². The first-order chi connectivity index (χ1) is 41.2. The highest BCUT2D eigenvalue weighted by Gasteiger charge is 2.86. The SMILES string of the molecule is CCCCCCCCCCCCCCCCCCN1CCCN2CCCN=C12.CCCCCCCCCCCCCCCCCCN1CCC[N+]2=C1NCCC2.O=S1(=O)NS(=O)(=O)C(F)(F)C(F)(F)C1(F)F.O=S1(=O)[N-]S(=O)(=O)C(F)(F)C(F)(F)C1(F)F. The Hall–Kier alpha value is -2.58. The molecule has 520 valence electrons. The zero-order valence-corrected chi connectivity index (χ0v) is 54.9. The van der Waals surface area contributed by atoms with Gasteiger partial charge in [-0.15, -0.1) is 0 Å². The Morgan fingerprint density at radius 3 is 1.15 bits per heavy atom. The minimum absolute atomic E-state index is 0.167. The van der Waals surface area contributed by atoms with Crippen molar-refractivity contribution in [1.29, 1.82) is 0 Å². The van der Waals surface area contributed by atoms with Crippen molar-refractivity contribution in [3.63, 3.8) is 0 Å². The van der Waals surface area contributed by atoms with Gasteiger partial charge in [0.25, 0.3) is 20.0 Å². The summed E-state index contributed by atoms with van der Waals surface area (Å²) in [5, 5.41) is -21.4. The van der Waals surface area contributed by atoms with Crippen LogP contribution in [0.2, 0.25) is 0 Å². The third-order valence-electron chi connectivity index (χ3n) is 16.4. The second kappa shape index (κ2) is 37.3. The molecule has 6 rings (SSSR count). The highest BCUT2D eigenvalue weighted by atomic mass is 32.3. The molecule has 3 fully saturated rings. The van der Waals surface area contributed by atoms with E-state index in [1.807, 2.05) is 0 Å². The number of nitrogens with one attached hydrogen (secondary N) is 2. The summed E-state index contributed by atoms with van der Waals surface area (Å²) in [4.78, 5) is 12.5. The van der Waals surface area contributed by atoms with Crippen molar-refractivity contribution < 1.29 is 90.9 Å². The highest BCUT2D eigenvalue weighted by Crippen LogP contribution is 2.58. The number of hydrogen-bond acceptors (Lipinski definition) is 13. The molecule has 0 amide bonds. The number of guanidine groups is 2. The fraction of sp³-hybridized carbons (Fsp3) is 0.964. The third kappa shape index (κ3) is 22.3. The number of unbranched alkanes of at least 4 members (excludes halogenated alkanes) is 30. The van der Waals surface area contributed by atoms with Crippen molar-refractivity contribution in [2.75, 3.05) is 65.4 Å². The second-order valence-corrected chi connectivity index (χ2v) is 31.0. The summed E-state index contributed by atoms with van der Waals surface area (Å²) in [7, 11) is -26.0. The van der Waals surface area contributed by atoms with Crippen LogP contribution in [0.3, 0.4) is 0 Å². The molecule has 0 bridgehead atoms. The first-order valence-electron chi connectivity index (χ1n) is 32.2. The molecule has 88 heavy (non-hydrogen) atoms. The van der Waals surface area contributed by atoms with Gasteiger partial charge in [-0.1, -0.05) is 211 Å². The van der Waals surface area contributed by atoms with Crippen LogP contribution in [0.4, 0.5) is 52.7 Å². The van der Waals surface area contributed by atoms with Crippen molar-refractivity contribution >= 4 is 52.0 Å². The smallest absolute Gasteiger partial charge is 0.425 e. The highest BCUT2D eigenvalue weighted by molar-refractivity contribution is 8.13. The largest absolute Gasteiger partial charge is 0.429 e. The molecular formula is C56H100F12N8O8S4. The predicted molar refractivity (Wildman–Crippen MR) is 319 cm³/mol. The predicted octanol–water partition coefficient (Wildman–Crippen LogP) is 14.3. The summed E-state index contributed by atoms with van der Waals surface area (Å²) in [5.74, 6) is -10.4. The molecule has 6 aliphatic rings. The quantitative estimate of drug-likeness (QED) is 0.0351. The molecule has 2 N–H and O–H groups in total. The van der Waals surface area contributed by atoms with Crippen LogP contribution in [0.15, 0.2) is 4.99 Å². The lowest BCUT2D eigenvalue weighted by atomic mass is 10.0. The minimum atomic E-state index is -6.60. The lowest BCUT2D eigenvalue weighted by Crippen LogP contribution is -2.70. The molecule has 32 heteroatoms. The Labute approximate surface area is 517 Å². The van der Waals surface area contributed by atoms with Crippen LogP contribution in [0.5, 0.6) is 0 Å². The maximum Gasteiger partial charge on any atom is 0.429 e. The summed E-state index contributed by atoms with van der Waals surface area (Å²) in [6, 6.07) is 0. The maximum atomic E-state index is 12.5. The van der Waals surface area contributed by atoms with E-state index < -0.39 is 73.0 Å². The van der Waals surface area contributed by atoms with E-state index >= 15 is 0 Å². The summed E-state index contributed by atoms with van der Waals surface area (Å²) in [6.07, 6.45) is 51.6. The second-order valence-electron chi connectivity index (χ2n) is 23.7. The van der Waals surface area contributed by atoms with Gasteiger partial charge < -0.3 is 13.9 Å². The van der Waals surface area contributed by atoms with E-state index in [1.165, 1.54) is 302 Å². The number of aliphatic imine (C=N–C) groups is 1. The van der Waals surface area contributed by atoms with Gasteiger partial charge in [0.1, 0.15) is 0 Å². The van der Waals surface area contributed by atoms with E-state index in [1.54, 1.807) is 0 Å². The molecule has 0 unspecified atom stereocenters. The van der Waals surface area contributed by atoms with Gasteiger partial charge in [0, 0.05) is 45.6 Å². The zero-order valence-electron chi connectivity index (χ0n) is 51.6. The number of alkyl halides is 12. The lowest BCUT2D eigenvalue weighted by Gasteiger charge is -2.42. The van der Waals surface area contributed by atoms with Gasteiger partial charge in [-0.05, 0) is 25.7 Å². The Balaban J connectivity index is 0.000000317. The topological polar surface area (TPSA) is 200 Å². The van der Waals surface area contributed by atoms with Gasteiger partial charge in [-0.3, -0.25) is 19.8 Å². The average molecular weight is 1370 g/mol. The number of rotatable bonds is 34. The van der Waals surface area contributed by atoms with Crippen molar-refractivity contribution in [3.8, 4) is 0 Å². The number of hydrogen-bond donors (Lipinski definition) is 2. The first kappa shape index (κ1) is 79.7. The van der Waals surface area contributed by atoms with Crippen molar-refractivity contribution in [1.82, 2.24) is 24.1 Å². The number of fused-ring (bicyclic) bond motifs is 1. The molecule has 3 saturated heterocycles. The lowest BCUT2D eigenvalue weighted by molar-refractivity contribution is -0.544. The Kier molecular flexibility index (Phi) is 33.8. The maximum absolute atomic E-state index is 12.5. The molecular weight excluding hydrogens is 1270 g/mol. The summed E-state index contributed by atoms with van der Waals surface area (Å²) < 4.78 is 236. The number of nitrogens with zero attached hydrogens (tertiary/aromatic N) is 6. The number of halogens is 12. The van der Waals surface area contributed by atoms with Crippen LogP contribution in [0, 0.1) is 0 Å². The number of sulfonamides is 4. The zero-order chi connectivity index (χ0) is 65.8. The molecule has 6 heterocycles. The van der Waals surface area contributed by atoms with Crippen LogP contribution >= 0.6 is 0 Å².